The van der Waals surface area contributed by atoms with E-state index < -0.39 is 6.04 Å². The van der Waals surface area contributed by atoms with Gasteiger partial charge in [0, 0.05) is 30.6 Å². The van der Waals surface area contributed by atoms with Gasteiger partial charge >= 0.3 is 0 Å². The molecule has 1 saturated heterocycles. The lowest BCUT2D eigenvalue weighted by atomic mass is 9.94. The predicted octanol–water partition coefficient (Wildman–Crippen LogP) is 3.42. The number of hydrogen-bond donors (Lipinski definition) is 3. The van der Waals surface area contributed by atoms with Crippen molar-refractivity contribution in [3.63, 3.8) is 0 Å². The summed E-state index contributed by atoms with van der Waals surface area (Å²) in [5.41, 5.74) is 0.523. The highest BCUT2D eigenvalue weighted by Gasteiger charge is 2.49. The number of benzene rings is 1. The van der Waals surface area contributed by atoms with E-state index in [1.54, 1.807) is 32.4 Å². The largest absolute Gasteiger partial charge is 0.394 e. The van der Waals surface area contributed by atoms with Gasteiger partial charge in [-0.05, 0) is 57.6 Å². The van der Waals surface area contributed by atoms with Crippen LogP contribution in [0.2, 0.25) is 0 Å². The number of rotatable bonds is 8. The Bertz CT molecular complexity index is 714. The van der Waals surface area contributed by atoms with Crippen LogP contribution >= 0.6 is 0 Å². The zero-order valence-electron chi connectivity index (χ0n) is 19.7. The van der Waals surface area contributed by atoms with Crippen molar-refractivity contribution in [2.45, 2.75) is 76.8 Å². The second kappa shape index (κ2) is 11.4. The standard InChI is InChI=1S/C19H27FN2O3.C5H12O.3H2/c1-11(18(25-2)17-9-13-8-16(13)22-17)19(24)21-14(10-23)7-12-5-3-4-6-15(12)20;1-5(2,3)6-4;;;/h3-6,11,13-14,16-18,22-23H,7-10H2,1-2H3,(H,21,24);1-4H3;3*1H/t11-,13+,14+,16?,17+,18-;;;;/m1..../s1. The first-order valence-electron chi connectivity index (χ1n) is 11.1. The molecule has 2 aliphatic rings. The van der Waals surface area contributed by atoms with E-state index in [1.807, 2.05) is 27.7 Å². The lowest BCUT2D eigenvalue weighted by molar-refractivity contribution is -0.130. The maximum atomic E-state index is 13.8. The maximum Gasteiger partial charge on any atom is 0.225 e. The molecule has 0 aromatic heterocycles. The molecule has 182 valence electrons. The van der Waals surface area contributed by atoms with Crippen molar-refractivity contribution < 1.29 is 28.0 Å². The lowest BCUT2D eigenvalue weighted by Gasteiger charge is -2.30. The third-order valence-corrected chi connectivity index (χ3v) is 6.09. The van der Waals surface area contributed by atoms with E-state index in [1.165, 1.54) is 12.5 Å². The minimum Gasteiger partial charge on any atom is -0.394 e. The van der Waals surface area contributed by atoms with Crippen LogP contribution < -0.4 is 10.6 Å². The van der Waals surface area contributed by atoms with E-state index in [0.29, 0.717) is 11.6 Å². The number of nitrogens with one attached hydrogen (secondary N) is 2. The summed E-state index contributed by atoms with van der Waals surface area (Å²) in [6, 6.07) is 6.67. The third-order valence-electron chi connectivity index (χ3n) is 6.09. The maximum absolute atomic E-state index is 13.8. The Balaban J connectivity index is 0. The first-order chi connectivity index (χ1) is 14.6. The normalized spacial score (nSPS) is 25.0. The molecule has 31 heavy (non-hydrogen) atoms. The number of hydrogen-bond acceptors (Lipinski definition) is 5. The van der Waals surface area contributed by atoms with Gasteiger partial charge in [-0.25, -0.2) is 4.39 Å². The van der Waals surface area contributed by atoms with Crippen LogP contribution in [-0.2, 0) is 20.7 Å². The Kier molecular flexibility index (Phi) is 9.43. The molecule has 1 aromatic carbocycles. The fraction of sp³-hybridized carbons (Fsp3) is 0.708. The molecule has 1 aliphatic carbocycles. The SMILES string of the molecule is COC(C)(C)C.CO[C@@H]([C@@H]1C[C@@H]2CC2N1)[C@@H](C)C(=O)N[C@H](CO)Cc1ccccc1F.[HH].[HH].[HH]. The number of carbonyl (C=O) groups is 1. The highest BCUT2D eigenvalue weighted by molar-refractivity contribution is 5.79. The van der Waals surface area contributed by atoms with Gasteiger partial charge < -0.3 is 25.2 Å². The molecule has 1 aliphatic heterocycles. The van der Waals surface area contributed by atoms with Gasteiger partial charge in [0.2, 0.25) is 5.91 Å². The van der Waals surface area contributed by atoms with Crippen molar-refractivity contribution in [2.24, 2.45) is 11.8 Å². The summed E-state index contributed by atoms with van der Waals surface area (Å²) in [5.74, 6) is -0.129. The Hall–Kier alpha value is -1.54. The Labute approximate surface area is 190 Å². The molecule has 1 heterocycles. The predicted molar refractivity (Wildman–Crippen MR) is 126 cm³/mol. The molecule has 0 radical (unpaired) electrons. The second-order valence-electron chi connectivity index (χ2n) is 9.60. The molecule has 0 spiro atoms. The zero-order valence-corrected chi connectivity index (χ0v) is 19.7. The first-order valence-corrected chi connectivity index (χ1v) is 11.1. The number of ether oxygens (including phenoxy) is 2. The molecule has 1 unspecified atom stereocenters. The van der Waals surface area contributed by atoms with E-state index in [0.717, 1.165) is 12.3 Å². The molecular formula is C24H45FN2O4. The lowest BCUT2D eigenvalue weighted by Crippen LogP contribution is -2.50. The van der Waals surface area contributed by atoms with Crippen molar-refractivity contribution >= 4 is 5.91 Å². The van der Waals surface area contributed by atoms with Crippen molar-refractivity contribution in [3.8, 4) is 0 Å². The van der Waals surface area contributed by atoms with E-state index >= 15 is 0 Å². The molecule has 6 atom stereocenters. The second-order valence-corrected chi connectivity index (χ2v) is 9.60. The van der Waals surface area contributed by atoms with E-state index in [2.05, 4.69) is 10.6 Å². The Morgan fingerprint density at radius 2 is 1.97 bits per heavy atom. The molecule has 1 saturated carbocycles. The van der Waals surface area contributed by atoms with E-state index in [-0.39, 0.29) is 52.7 Å². The molecule has 1 amide bonds. The summed E-state index contributed by atoms with van der Waals surface area (Å²) >= 11 is 0. The number of fused-ring (bicyclic) bond motifs is 1. The van der Waals surface area contributed by atoms with Crippen LogP contribution in [0, 0.1) is 17.7 Å². The van der Waals surface area contributed by atoms with E-state index in [4.69, 9.17) is 9.47 Å². The minimum absolute atomic E-state index is 0. The number of piperidine rings is 1. The molecule has 2 fully saturated rings. The molecular weight excluding hydrogens is 399 g/mol. The summed E-state index contributed by atoms with van der Waals surface area (Å²) in [6.07, 6.45) is 2.31. The number of aliphatic hydroxyl groups is 1. The summed E-state index contributed by atoms with van der Waals surface area (Å²) in [7, 11) is 3.34. The first kappa shape index (κ1) is 25.7. The number of halogens is 1. The third kappa shape index (κ3) is 7.83. The van der Waals surface area contributed by atoms with Crippen LogP contribution in [0.25, 0.3) is 0 Å². The molecule has 1 aromatic rings. The highest BCUT2D eigenvalue weighted by Crippen LogP contribution is 2.42. The summed E-state index contributed by atoms with van der Waals surface area (Å²) < 4.78 is 24.3. The highest BCUT2D eigenvalue weighted by atomic mass is 19.1. The van der Waals surface area contributed by atoms with Crippen LogP contribution in [0.5, 0.6) is 0 Å². The van der Waals surface area contributed by atoms with Crippen LogP contribution in [0.15, 0.2) is 24.3 Å². The quantitative estimate of drug-likeness (QED) is 0.573. The van der Waals surface area contributed by atoms with Crippen LogP contribution in [0.1, 0.15) is 50.4 Å². The van der Waals surface area contributed by atoms with Gasteiger partial charge in [-0.15, -0.1) is 0 Å². The Morgan fingerprint density at radius 1 is 1.32 bits per heavy atom. The molecule has 6 nitrogen and oxygen atoms in total. The van der Waals surface area contributed by atoms with E-state index in [9.17, 15) is 14.3 Å². The number of carbonyl (C=O) groups excluding carboxylic acids is 1. The zero-order chi connectivity index (χ0) is 23.2. The van der Waals surface area contributed by atoms with Crippen molar-refractivity contribution in [2.75, 3.05) is 20.8 Å². The van der Waals surface area contributed by atoms with Crippen LogP contribution in [0.3, 0.4) is 0 Å². The molecule has 0 bridgehead atoms. The van der Waals surface area contributed by atoms with Crippen molar-refractivity contribution in [1.29, 1.82) is 0 Å². The van der Waals surface area contributed by atoms with Crippen LogP contribution in [0.4, 0.5) is 4.39 Å². The van der Waals surface area contributed by atoms with Gasteiger partial charge in [0.25, 0.3) is 0 Å². The average Bonchev–Trinajstić information content (AvgIpc) is 3.34. The topological polar surface area (TPSA) is 79.8 Å². The van der Waals surface area contributed by atoms with Gasteiger partial charge in [0.05, 0.1) is 30.3 Å². The number of amides is 1. The van der Waals surface area contributed by atoms with Gasteiger partial charge in [0.1, 0.15) is 5.82 Å². The minimum atomic E-state index is -0.519. The summed E-state index contributed by atoms with van der Waals surface area (Å²) in [5, 5.41) is 15.9. The number of methoxy groups -OCH3 is 2. The molecule has 7 heteroatoms. The Morgan fingerprint density at radius 3 is 2.45 bits per heavy atom. The van der Waals surface area contributed by atoms with Crippen molar-refractivity contribution in [1.82, 2.24) is 10.6 Å². The van der Waals surface area contributed by atoms with Gasteiger partial charge in [-0.1, -0.05) is 25.1 Å². The fourth-order valence-electron chi connectivity index (χ4n) is 3.90. The molecule has 3 N–H and O–H groups in total. The fourth-order valence-corrected chi connectivity index (χ4v) is 3.90. The van der Waals surface area contributed by atoms with Gasteiger partial charge in [-0.2, -0.15) is 0 Å². The monoisotopic (exact) mass is 444 g/mol. The molecule has 3 rings (SSSR count). The average molecular weight is 445 g/mol. The van der Waals surface area contributed by atoms with Gasteiger partial charge in [0.15, 0.2) is 0 Å². The summed E-state index contributed by atoms with van der Waals surface area (Å²) in [6.45, 7) is 7.66. The van der Waals surface area contributed by atoms with Crippen LogP contribution in [-0.4, -0.2) is 61.7 Å². The van der Waals surface area contributed by atoms with Crippen molar-refractivity contribution in [3.05, 3.63) is 35.6 Å². The smallest absolute Gasteiger partial charge is 0.225 e. The van der Waals surface area contributed by atoms with Gasteiger partial charge in [-0.3, -0.25) is 4.79 Å². The summed E-state index contributed by atoms with van der Waals surface area (Å²) in [4.78, 5) is 12.6. The number of aliphatic hydroxyl groups excluding tert-OH is 1.